The molecule has 0 bridgehead atoms. The molecule has 7 atom stereocenters. The van der Waals surface area contributed by atoms with Gasteiger partial charge in [-0.25, -0.2) is 0 Å². The highest BCUT2D eigenvalue weighted by Gasteiger charge is 2.62. The number of aliphatic hydroxyl groups is 1. The summed E-state index contributed by atoms with van der Waals surface area (Å²) >= 11 is 0. The topological polar surface area (TPSA) is 61.1 Å². The maximum atomic E-state index is 13.4. The molecule has 25 heavy (non-hydrogen) atoms. The van der Waals surface area contributed by atoms with E-state index in [1.165, 1.54) is 5.57 Å². The van der Waals surface area contributed by atoms with Gasteiger partial charge in [0.1, 0.15) is 5.78 Å². The molecule has 0 aromatic rings. The number of hydrogen-bond acceptors (Lipinski definition) is 3. The third-order valence-corrected chi connectivity index (χ3v) is 8.73. The lowest BCUT2D eigenvalue weighted by atomic mass is 9.44. The first-order valence-corrected chi connectivity index (χ1v) is 10.1. The number of aliphatic hydroxyl groups excluding tert-OH is 1. The molecule has 0 unspecified atom stereocenters. The van der Waals surface area contributed by atoms with Gasteiger partial charge in [-0.05, 0) is 80.5 Å². The van der Waals surface area contributed by atoms with Crippen molar-refractivity contribution in [3.63, 3.8) is 0 Å². The summed E-state index contributed by atoms with van der Waals surface area (Å²) < 4.78 is 0. The summed E-state index contributed by atoms with van der Waals surface area (Å²) in [6.07, 6.45) is 7.61. The average molecular weight is 341 g/mol. The van der Waals surface area contributed by atoms with Crippen molar-refractivity contribution in [1.82, 2.24) is 0 Å². The summed E-state index contributed by atoms with van der Waals surface area (Å²) in [5.41, 5.74) is 2.10. The van der Waals surface area contributed by atoms with Crippen molar-refractivity contribution in [2.75, 3.05) is 0 Å². The van der Waals surface area contributed by atoms with E-state index >= 15 is 0 Å². The number of carbonyl (C=O) groups excluding carboxylic acids is 1. The number of allylic oxidation sites excluding steroid dienone is 2. The van der Waals surface area contributed by atoms with E-state index in [4.69, 9.17) is 0 Å². The van der Waals surface area contributed by atoms with Crippen LogP contribution in [-0.2, 0) is 4.79 Å². The zero-order valence-electron chi connectivity index (χ0n) is 15.8. The lowest BCUT2D eigenvalue weighted by Crippen LogP contribution is -2.57. The Labute approximate surface area is 151 Å². The minimum absolute atomic E-state index is 0.0807. The quantitative estimate of drug-likeness (QED) is 0.664. The van der Waals surface area contributed by atoms with E-state index in [0.717, 1.165) is 50.5 Å². The molecule has 0 aromatic carbocycles. The molecule has 0 saturated heterocycles. The van der Waals surface area contributed by atoms with Crippen LogP contribution in [0.15, 0.2) is 11.1 Å². The van der Waals surface area contributed by atoms with Crippen molar-refractivity contribution < 1.29 is 9.90 Å². The van der Waals surface area contributed by atoms with Crippen LogP contribution in [-0.4, -0.2) is 17.0 Å². The Bertz CT molecular complexity index is 674. The Morgan fingerprint density at radius 3 is 2.72 bits per heavy atom. The Hall–Kier alpha value is -1.14. The third kappa shape index (κ3) is 2.29. The summed E-state index contributed by atoms with van der Waals surface area (Å²) in [5, 5.41) is 19.5. The normalized spacial score (nSPS) is 51.2. The van der Waals surface area contributed by atoms with Crippen LogP contribution < -0.4 is 0 Å². The molecule has 1 N–H and O–H groups in total. The van der Waals surface area contributed by atoms with Crippen LogP contribution >= 0.6 is 0 Å². The first kappa shape index (κ1) is 17.3. The van der Waals surface area contributed by atoms with Gasteiger partial charge in [0.2, 0.25) is 0 Å². The molecule has 0 aliphatic heterocycles. The molecule has 3 heteroatoms. The van der Waals surface area contributed by atoms with Gasteiger partial charge in [0.15, 0.2) is 0 Å². The van der Waals surface area contributed by atoms with Gasteiger partial charge in [0.05, 0.1) is 12.2 Å². The number of Topliss-reactive ketones (excluding diaryl/α,β-unsaturated/α-hetero) is 1. The SMILES string of the molecule is C/C(C#N)=C1\CC[C@H]2[C@@H]3CC[C@H]4C[C@H](O)CC[C@]4(C)[C@H]3C(=O)C[C@]12C. The van der Waals surface area contributed by atoms with Crippen LogP contribution in [0, 0.1) is 45.8 Å². The smallest absolute Gasteiger partial charge is 0.137 e. The first-order valence-electron chi connectivity index (χ1n) is 10.1. The number of ketones is 1. The molecule has 0 aromatic heterocycles. The van der Waals surface area contributed by atoms with Crippen LogP contribution in [0.4, 0.5) is 0 Å². The summed E-state index contributed by atoms with van der Waals surface area (Å²) in [5.74, 6) is 2.16. The number of carbonyl (C=O) groups is 1. The number of fused-ring (bicyclic) bond motifs is 5. The Balaban J connectivity index is 1.72. The highest BCUT2D eigenvalue weighted by Crippen LogP contribution is 2.66. The van der Waals surface area contributed by atoms with Crippen molar-refractivity contribution in [3.8, 4) is 6.07 Å². The third-order valence-electron chi connectivity index (χ3n) is 8.73. The zero-order valence-corrected chi connectivity index (χ0v) is 15.8. The molecular weight excluding hydrogens is 310 g/mol. The van der Waals surface area contributed by atoms with Gasteiger partial charge in [-0.3, -0.25) is 4.79 Å². The van der Waals surface area contributed by atoms with E-state index in [2.05, 4.69) is 19.9 Å². The van der Waals surface area contributed by atoms with Gasteiger partial charge in [0.25, 0.3) is 0 Å². The number of nitriles is 1. The predicted molar refractivity (Wildman–Crippen MR) is 96.4 cm³/mol. The summed E-state index contributed by atoms with van der Waals surface area (Å²) in [6, 6.07) is 2.35. The largest absolute Gasteiger partial charge is 0.393 e. The Morgan fingerprint density at radius 1 is 1.24 bits per heavy atom. The van der Waals surface area contributed by atoms with Crippen molar-refractivity contribution in [2.24, 2.45) is 34.5 Å². The fourth-order valence-electron chi connectivity index (χ4n) is 7.55. The van der Waals surface area contributed by atoms with Gasteiger partial charge in [-0.2, -0.15) is 5.26 Å². The first-order chi connectivity index (χ1) is 11.8. The molecule has 0 amide bonds. The highest BCUT2D eigenvalue weighted by atomic mass is 16.3. The monoisotopic (exact) mass is 341 g/mol. The molecule has 0 heterocycles. The number of hydrogen-bond donors (Lipinski definition) is 1. The van der Waals surface area contributed by atoms with Crippen molar-refractivity contribution in [1.29, 1.82) is 5.26 Å². The highest BCUT2D eigenvalue weighted by molar-refractivity contribution is 5.85. The Morgan fingerprint density at radius 2 is 2.00 bits per heavy atom. The van der Waals surface area contributed by atoms with E-state index in [-0.39, 0.29) is 22.9 Å². The maximum Gasteiger partial charge on any atom is 0.137 e. The van der Waals surface area contributed by atoms with E-state index in [9.17, 15) is 15.2 Å². The number of rotatable bonds is 0. The van der Waals surface area contributed by atoms with Crippen molar-refractivity contribution >= 4 is 5.78 Å². The Kier molecular flexibility index (Phi) is 3.93. The van der Waals surface area contributed by atoms with Crippen molar-refractivity contribution in [2.45, 2.75) is 78.2 Å². The minimum atomic E-state index is -0.169. The maximum absolute atomic E-state index is 13.4. The molecule has 4 fully saturated rings. The molecular formula is C22H31NO2. The van der Waals surface area contributed by atoms with E-state index in [0.29, 0.717) is 30.0 Å². The van der Waals surface area contributed by atoms with Crippen LogP contribution in [0.5, 0.6) is 0 Å². The molecule has 4 aliphatic rings. The predicted octanol–water partition coefficient (Wildman–Crippen LogP) is 4.41. The summed E-state index contributed by atoms with van der Waals surface area (Å²) in [6.45, 7) is 6.53. The van der Waals surface area contributed by atoms with Gasteiger partial charge < -0.3 is 5.11 Å². The summed E-state index contributed by atoms with van der Waals surface area (Å²) in [7, 11) is 0. The fraction of sp³-hybridized carbons (Fsp3) is 0.818. The van der Waals surface area contributed by atoms with Crippen LogP contribution in [0.3, 0.4) is 0 Å². The van der Waals surface area contributed by atoms with Gasteiger partial charge in [0, 0.05) is 17.9 Å². The lowest BCUT2D eigenvalue weighted by Gasteiger charge is -2.59. The standard InChI is InChI=1S/C22H31NO2/c1-13(12-23)17-6-7-18-16-5-4-14-10-15(24)8-9-21(14,2)20(16)19(25)11-22(17,18)3/h14-16,18,20,24H,4-11H2,1-3H3/b17-13-/t14-,15+,16-,18-,20+,21-,22+/m0/s1. The van der Waals surface area contributed by atoms with Crippen molar-refractivity contribution in [3.05, 3.63) is 11.1 Å². The van der Waals surface area contributed by atoms with Gasteiger partial charge in [-0.15, -0.1) is 0 Å². The molecule has 136 valence electrons. The lowest BCUT2D eigenvalue weighted by molar-refractivity contribution is -0.157. The molecule has 4 rings (SSSR count). The molecule has 4 saturated carbocycles. The molecule has 3 nitrogen and oxygen atoms in total. The van der Waals surface area contributed by atoms with Crippen LogP contribution in [0.1, 0.15) is 72.1 Å². The second-order valence-electron chi connectivity index (χ2n) is 9.77. The molecule has 0 spiro atoms. The summed E-state index contributed by atoms with van der Waals surface area (Å²) in [4.78, 5) is 13.4. The van der Waals surface area contributed by atoms with Crippen LogP contribution in [0.25, 0.3) is 0 Å². The number of nitrogens with zero attached hydrogens (tertiary/aromatic N) is 1. The van der Waals surface area contributed by atoms with E-state index in [1.54, 1.807) is 0 Å². The van der Waals surface area contributed by atoms with Gasteiger partial charge in [-0.1, -0.05) is 19.4 Å². The van der Waals surface area contributed by atoms with Gasteiger partial charge >= 0.3 is 0 Å². The van der Waals surface area contributed by atoms with Crippen LogP contribution in [0.2, 0.25) is 0 Å². The zero-order chi connectivity index (χ0) is 18.0. The fourth-order valence-corrected chi connectivity index (χ4v) is 7.55. The second-order valence-corrected chi connectivity index (χ2v) is 9.77. The molecule has 4 aliphatic carbocycles. The van der Waals surface area contributed by atoms with E-state index < -0.39 is 0 Å². The molecule has 0 radical (unpaired) electrons. The average Bonchev–Trinajstić information content (AvgIpc) is 2.91. The van der Waals surface area contributed by atoms with E-state index in [1.807, 2.05) is 6.92 Å². The minimum Gasteiger partial charge on any atom is -0.393 e. The second kappa shape index (κ2) is 5.68.